The Morgan fingerprint density at radius 1 is 0.778 bits per heavy atom. The van der Waals surface area contributed by atoms with E-state index in [0.29, 0.717) is 11.8 Å². The lowest BCUT2D eigenvalue weighted by molar-refractivity contribution is 0.413. The molecular formula is C17H20O. The van der Waals surface area contributed by atoms with E-state index in [1.54, 1.807) is 7.11 Å². The van der Waals surface area contributed by atoms with E-state index in [2.05, 4.69) is 62.4 Å². The number of hydrogen-bond acceptors (Lipinski definition) is 1. The molecule has 2 rings (SSSR count). The molecule has 2 unspecified atom stereocenters. The molecule has 0 radical (unpaired) electrons. The quantitative estimate of drug-likeness (QED) is 0.758. The van der Waals surface area contributed by atoms with Crippen molar-refractivity contribution >= 4 is 0 Å². The molecule has 0 amide bonds. The fourth-order valence-corrected chi connectivity index (χ4v) is 2.26. The van der Waals surface area contributed by atoms with Gasteiger partial charge in [-0.1, -0.05) is 56.3 Å². The van der Waals surface area contributed by atoms with Gasteiger partial charge in [0.05, 0.1) is 7.11 Å². The minimum Gasteiger partial charge on any atom is -0.497 e. The number of hydrogen-bond donors (Lipinski definition) is 0. The lowest BCUT2D eigenvalue weighted by atomic mass is 9.84. The standard InChI is InChI=1S/C17H20O/c1-13(15-8-5-4-6-9-15)14(2)16-10-7-11-17(12-16)18-3/h4-14H,1-3H3. The highest BCUT2D eigenvalue weighted by molar-refractivity contribution is 5.33. The lowest BCUT2D eigenvalue weighted by Gasteiger charge is -2.21. The van der Waals surface area contributed by atoms with Gasteiger partial charge in [0.15, 0.2) is 0 Å². The minimum absolute atomic E-state index is 0.475. The molecule has 0 saturated carbocycles. The maximum Gasteiger partial charge on any atom is 0.119 e. The summed E-state index contributed by atoms with van der Waals surface area (Å²) >= 11 is 0. The van der Waals surface area contributed by atoms with Gasteiger partial charge in [0.25, 0.3) is 0 Å². The number of rotatable bonds is 4. The maximum absolute atomic E-state index is 5.29. The highest BCUT2D eigenvalue weighted by Crippen LogP contribution is 2.33. The van der Waals surface area contributed by atoms with Crippen molar-refractivity contribution in [1.82, 2.24) is 0 Å². The molecule has 0 spiro atoms. The topological polar surface area (TPSA) is 9.23 Å². The van der Waals surface area contributed by atoms with Crippen LogP contribution in [0, 0.1) is 0 Å². The minimum atomic E-state index is 0.475. The number of methoxy groups -OCH3 is 1. The average Bonchev–Trinajstić information content (AvgIpc) is 2.46. The molecule has 1 heteroatoms. The van der Waals surface area contributed by atoms with Crippen LogP contribution in [0.3, 0.4) is 0 Å². The summed E-state index contributed by atoms with van der Waals surface area (Å²) in [7, 11) is 1.71. The van der Waals surface area contributed by atoms with Crippen LogP contribution in [0.25, 0.3) is 0 Å². The van der Waals surface area contributed by atoms with Crippen molar-refractivity contribution < 1.29 is 4.74 Å². The lowest BCUT2D eigenvalue weighted by Crippen LogP contribution is -2.04. The summed E-state index contributed by atoms with van der Waals surface area (Å²) in [5.74, 6) is 1.90. The van der Waals surface area contributed by atoms with E-state index < -0.39 is 0 Å². The summed E-state index contributed by atoms with van der Waals surface area (Å²) in [6, 6.07) is 19.0. The molecule has 0 aliphatic rings. The first-order valence-electron chi connectivity index (χ1n) is 6.41. The van der Waals surface area contributed by atoms with Crippen molar-refractivity contribution in [1.29, 1.82) is 0 Å². The Bertz CT molecular complexity index is 490. The monoisotopic (exact) mass is 240 g/mol. The molecule has 94 valence electrons. The van der Waals surface area contributed by atoms with Crippen LogP contribution in [0.15, 0.2) is 54.6 Å². The maximum atomic E-state index is 5.29. The Balaban J connectivity index is 2.22. The van der Waals surface area contributed by atoms with Gasteiger partial charge in [0, 0.05) is 0 Å². The zero-order valence-electron chi connectivity index (χ0n) is 11.3. The normalized spacial score (nSPS) is 13.9. The number of ether oxygens (including phenoxy) is 1. The van der Waals surface area contributed by atoms with Crippen molar-refractivity contribution in [3.8, 4) is 5.75 Å². The third kappa shape index (κ3) is 2.73. The predicted octanol–water partition coefficient (Wildman–Crippen LogP) is 4.60. The second kappa shape index (κ2) is 5.72. The van der Waals surface area contributed by atoms with Crippen molar-refractivity contribution in [2.24, 2.45) is 0 Å². The second-order valence-electron chi connectivity index (χ2n) is 4.76. The SMILES string of the molecule is COc1cccc(C(C)C(C)c2ccccc2)c1. The molecule has 0 N–H and O–H groups in total. The van der Waals surface area contributed by atoms with Gasteiger partial charge in [-0.15, -0.1) is 0 Å². The van der Waals surface area contributed by atoms with Gasteiger partial charge in [0.1, 0.15) is 5.75 Å². The van der Waals surface area contributed by atoms with E-state index in [9.17, 15) is 0 Å². The van der Waals surface area contributed by atoms with Crippen LogP contribution in [-0.4, -0.2) is 7.11 Å². The van der Waals surface area contributed by atoms with Crippen molar-refractivity contribution in [2.75, 3.05) is 7.11 Å². The summed E-state index contributed by atoms with van der Waals surface area (Å²) in [6.45, 7) is 4.55. The summed E-state index contributed by atoms with van der Waals surface area (Å²) in [5.41, 5.74) is 2.71. The zero-order chi connectivity index (χ0) is 13.0. The van der Waals surface area contributed by atoms with Gasteiger partial charge in [-0.25, -0.2) is 0 Å². The molecule has 0 saturated heterocycles. The van der Waals surface area contributed by atoms with E-state index in [0.717, 1.165) is 5.75 Å². The highest BCUT2D eigenvalue weighted by Gasteiger charge is 2.16. The fourth-order valence-electron chi connectivity index (χ4n) is 2.26. The Labute approximate surface area is 109 Å². The molecule has 0 bridgehead atoms. The molecule has 0 heterocycles. The van der Waals surface area contributed by atoms with E-state index in [1.807, 2.05) is 6.07 Å². The van der Waals surface area contributed by atoms with Crippen LogP contribution < -0.4 is 4.74 Å². The van der Waals surface area contributed by atoms with Crippen LogP contribution in [0.2, 0.25) is 0 Å². The molecule has 2 atom stereocenters. The predicted molar refractivity (Wildman–Crippen MR) is 76.3 cm³/mol. The Morgan fingerprint density at radius 3 is 2.06 bits per heavy atom. The smallest absolute Gasteiger partial charge is 0.119 e. The third-order valence-corrected chi connectivity index (χ3v) is 3.69. The summed E-state index contributed by atoms with van der Waals surface area (Å²) in [6.07, 6.45) is 0. The van der Waals surface area contributed by atoms with Crippen LogP contribution in [0.5, 0.6) is 5.75 Å². The molecular weight excluding hydrogens is 220 g/mol. The molecule has 0 aliphatic heterocycles. The molecule has 0 aromatic heterocycles. The Kier molecular flexibility index (Phi) is 4.03. The largest absolute Gasteiger partial charge is 0.497 e. The molecule has 18 heavy (non-hydrogen) atoms. The Morgan fingerprint density at radius 2 is 1.39 bits per heavy atom. The first kappa shape index (κ1) is 12.7. The molecule has 2 aromatic rings. The summed E-state index contributed by atoms with van der Waals surface area (Å²) in [5, 5.41) is 0. The second-order valence-corrected chi connectivity index (χ2v) is 4.76. The van der Waals surface area contributed by atoms with Crippen molar-refractivity contribution in [3.05, 3.63) is 65.7 Å². The van der Waals surface area contributed by atoms with Crippen LogP contribution in [0.1, 0.15) is 36.8 Å². The summed E-state index contributed by atoms with van der Waals surface area (Å²) < 4.78 is 5.29. The van der Waals surface area contributed by atoms with Gasteiger partial charge >= 0.3 is 0 Å². The van der Waals surface area contributed by atoms with Crippen molar-refractivity contribution in [2.45, 2.75) is 25.7 Å². The molecule has 2 aromatic carbocycles. The van der Waals surface area contributed by atoms with Gasteiger partial charge in [-0.3, -0.25) is 0 Å². The van der Waals surface area contributed by atoms with Crippen LogP contribution in [0.4, 0.5) is 0 Å². The molecule has 1 nitrogen and oxygen atoms in total. The zero-order valence-corrected chi connectivity index (χ0v) is 11.3. The van der Waals surface area contributed by atoms with E-state index in [4.69, 9.17) is 4.74 Å². The highest BCUT2D eigenvalue weighted by atomic mass is 16.5. The van der Waals surface area contributed by atoms with Gasteiger partial charge in [-0.05, 0) is 35.1 Å². The Hall–Kier alpha value is -1.76. The third-order valence-electron chi connectivity index (χ3n) is 3.69. The van der Waals surface area contributed by atoms with E-state index >= 15 is 0 Å². The molecule has 0 aliphatic carbocycles. The average molecular weight is 240 g/mol. The van der Waals surface area contributed by atoms with Crippen LogP contribution in [-0.2, 0) is 0 Å². The van der Waals surface area contributed by atoms with E-state index in [-0.39, 0.29) is 0 Å². The number of benzene rings is 2. The fraction of sp³-hybridized carbons (Fsp3) is 0.294. The summed E-state index contributed by atoms with van der Waals surface area (Å²) in [4.78, 5) is 0. The van der Waals surface area contributed by atoms with Crippen LogP contribution >= 0.6 is 0 Å². The van der Waals surface area contributed by atoms with Gasteiger partial charge < -0.3 is 4.74 Å². The van der Waals surface area contributed by atoms with E-state index in [1.165, 1.54) is 11.1 Å². The molecule has 0 fully saturated rings. The van der Waals surface area contributed by atoms with Gasteiger partial charge in [-0.2, -0.15) is 0 Å². The van der Waals surface area contributed by atoms with Crippen molar-refractivity contribution in [3.63, 3.8) is 0 Å². The first-order valence-corrected chi connectivity index (χ1v) is 6.41. The van der Waals surface area contributed by atoms with Gasteiger partial charge in [0.2, 0.25) is 0 Å². The first-order chi connectivity index (χ1) is 8.72.